The van der Waals surface area contributed by atoms with E-state index in [-0.39, 0.29) is 5.91 Å². The molecule has 0 spiro atoms. The van der Waals surface area contributed by atoms with E-state index in [1.807, 2.05) is 24.6 Å². The number of amides is 1. The third-order valence-corrected chi connectivity index (χ3v) is 3.30. The van der Waals surface area contributed by atoms with Crippen LogP contribution in [0, 0.1) is 6.92 Å². The second kappa shape index (κ2) is 4.76. The second-order valence-electron chi connectivity index (χ2n) is 4.50. The number of nitrogens with zero attached hydrogens (tertiary/aromatic N) is 5. The highest BCUT2D eigenvalue weighted by Crippen LogP contribution is 2.07. The summed E-state index contributed by atoms with van der Waals surface area (Å²) in [4.78, 5) is 20.3. The highest BCUT2D eigenvalue weighted by Gasteiger charge is 2.13. The number of carbonyl (C=O) groups excluding carboxylic acids is 1. The first-order valence-corrected chi connectivity index (χ1v) is 6.19. The maximum Gasteiger partial charge on any atom is 0.255 e. The van der Waals surface area contributed by atoms with Crippen LogP contribution in [0.15, 0.2) is 31.0 Å². The molecule has 1 N–H and O–H groups in total. The summed E-state index contributed by atoms with van der Waals surface area (Å²) in [5.74, 6) is -0.139. The normalized spacial score (nSPS) is 10.9. The van der Waals surface area contributed by atoms with Gasteiger partial charge in [0.25, 0.3) is 5.91 Å². The van der Waals surface area contributed by atoms with Gasteiger partial charge in [0.15, 0.2) is 5.65 Å². The van der Waals surface area contributed by atoms with Gasteiger partial charge in [0.2, 0.25) is 0 Å². The van der Waals surface area contributed by atoms with Crippen LogP contribution in [0.3, 0.4) is 0 Å². The molecule has 0 saturated carbocycles. The molecule has 3 rings (SSSR count). The second-order valence-corrected chi connectivity index (χ2v) is 4.50. The molecule has 0 aliphatic carbocycles. The summed E-state index contributed by atoms with van der Waals surface area (Å²) in [5, 5.41) is 6.94. The van der Waals surface area contributed by atoms with Crippen LogP contribution in [-0.2, 0) is 13.6 Å². The van der Waals surface area contributed by atoms with Crippen LogP contribution in [-0.4, -0.2) is 30.1 Å². The molecule has 7 heteroatoms. The average Bonchev–Trinajstić information content (AvgIpc) is 3.01. The van der Waals surface area contributed by atoms with E-state index in [2.05, 4.69) is 20.4 Å². The molecular formula is C13H14N6O. The molecule has 0 saturated heterocycles. The van der Waals surface area contributed by atoms with Gasteiger partial charge in [-0.2, -0.15) is 5.10 Å². The number of aromatic nitrogens is 5. The molecule has 3 aromatic heterocycles. The van der Waals surface area contributed by atoms with Crippen molar-refractivity contribution in [3.8, 4) is 0 Å². The minimum Gasteiger partial charge on any atom is -0.346 e. The van der Waals surface area contributed by atoms with Gasteiger partial charge < -0.3 is 5.32 Å². The zero-order valence-corrected chi connectivity index (χ0v) is 11.2. The summed E-state index contributed by atoms with van der Waals surface area (Å²) in [5.41, 5.74) is 3.08. The van der Waals surface area contributed by atoms with Crippen molar-refractivity contribution in [3.05, 3.63) is 47.9 Å². The van der Waals surface area contributed by atoms with E-state index in [1.54, 1.807) is 29.5 Å². The van der Waals surface area contributed by atoms with Gasteiger partial charge in [-0.05, 0) is 6.92 Å². The Morgan fingerprint density at radius 1 is 1.35 bits per heavy atom. The summed E-state index contributed by atoms with van der Waals surface area (Å²) < 4.78 is 3.57. The third kappa shape index (κ3) is 2.03. The average molecular weight is 270 g/mol. The standard InChI is InChI=1S/C13H14N6O/c1-9-11(7-17-18(9)2)13(20)16-6-10-5-15-12-8-14-3-4-19(10)12/h3-5,7-8H,6H2,1-2H3,(H,16,20). The molecule has 0 atom stereocenters. The molecule has 20 heavy (non-hydrogen) atoms. The number of aryl methyl sites for hydroxylation is 1. The van der Waals surface area contributed by atoms with E-state index < -0.39 is 0 Å². The van der Waals surface area contributed by atoms with Gasteiger partial charge >= 0.3 is 0 Å². The molecule has 102 valence electrons. The number of hydrogen-bond donors (Lipinski definition) is 1. The molecule has 7 nitrogen and oxygen atoms in total. The highest BCUT2D eigenvalue weighted by molar-refractivity contribution is 5.94. The first-order valence-electron chi connectivity index (χ1n) is 6.19. The zero-order valence-electron chi connectivity index (χ0n) is 11.2. The van der Waals surface area contributed by atoms with Gasteiger partial charge in [-0.1, -0.05) is 0 Å². The Labute approximate surface area is 115 Å². The zero-order chi connectivity index (χ0) is 14.1. The summed E-state index contributed by atoms with van der Waals surface area (Å²) in [7, 11) is 1.81. The fraction of sp³-hybridized carbons (Fsp3) is 0.231. The molecule has 0 bridgehead atoms. The number of imidazole rings is 1. The molecule has 0 unspecified atom stereocenters. The van der Waals surface area contributed by atoms with Crippen molar-refractivity contribution in [2.45, 2.75) is 13.5 Å². The topological polar surface area (TPSA) is 77.1 Å². The lowest BCUT2D eigenvalue weighted by atomic mass is 10.2. The van der Waals surface area contributed by atoms with Gasteiger partial charge in [0, 0.05) is 25.1 Å². The van der Waals surface area contributed by atoms with Crippen LogP contribution < -0.4 is 5.32 Å². The number of hydrogen-bond acceptors (Lipinski definition) is 4. The largest absolute Gasteiger partial charge is 0.346 e. The van der Waals surface area contributed by atoms with Crippen LogP contribution >= 0.6 is 0 Å². The predicted molar refractivity (Wildman–Crippen MR) is 72.1 cm³/mol. The van der Waals surface area contributed by atoms with E-state index in [4.69, 9.17) is 0 Å². The summed E-state index contributed by atoms with van der Waals surface area (Å²) in [6.45, 7) is 2.26. The molecule has 1 amide bonds. The Balaban J connectivity index is 1.76. The van der Waals surface area contributed by atoms with Crippen molar-refractivity contribution < 1.29 is 4.79 Å². The first-order chi connectivity index (χ1) is 9.66. The number of fused-ring (bicyclic) bond motifs is 1. The van der Waals surface area contributed by atoms with E-state index in [9.17, 15) is 4.79 Å². The van der Waals surface area contributed by atoms with Crippen LogP contribution in [0.25, 0.3) is 5.65 Å². The van der Waals surface area contributed by atoms with Crippen molar-refractivity contribution in [1.29, 1.82) is 0 Å². The van der Waals surface area contributed by atoms with E-state index >= 15 is 0 Å². The van der Waals surface area contributed by atoms with Crippen molar-refractivity contribution in [2.24, 2.45) is 7.05 Å². The highest BCUT2D eigenvalue weighted by atomic mass is 16.1. The summed E-state index contributed by atoms with van der Waals surface area (Å²) >= 11 is 0. The van der Waals surface area contributed by atoms with Gasteiger partial charge in [-0.3, -0.25) is 18.9 Å². The van der Waals surface area contributed by atoms with Crippen LogP contribution in [0.4, 0.5) is 0 Å². The van der Waals surface area contributed by atoms with E-state index in [0.29, 0.717) is 12.1 Å². The maximum absolute atomic E-state index is 12.1. The minimum absolute atomic E-state index is 0.139. The Kier molecular flexibility index (Phi) is 2.94. The Hall–Kier alpha value is -2.70. The minimum atomic E-state index is -0.139. The number of carbonyl (C=O) groups is 1. The Morgan fingerprint density at radius 2 is 2.20 bits per heavy atom. The number of rotatable bonds is 3. The Bertz CT molecular complexity index is 772. The Morgan fingerprint density at radius 3 is 2.95 bits per heavy atom. The van der Waals surface area contributed by atoms with Gasteiger partial charge in [-0.15, -0.1) is 0 Å². The van der Waals surface area contributed by atoms with E-state index in [0.717, 1.165) is 17.0 Å². The molecule has 0 aromatic carbocycles. The van der Waals surface area contributed by atoms with Gasteiger partial charge in [0.05, 0.1) is 36.4 Å². The molecule has 3 heterocycles. The van der Waals surface area contributed by atoms with E-state index in [1.165, 1.54) is 0 Å². The molecule has 3 aromatic rings. The van der Waals surface area contributed by atoms with Crippen LogP contribution in [0.5, 0.6) is 0 Å². The fourth-order valence-electron chi connectivity index (χ4n) is 2.01. The molecule has 0 fully saturated rings. The predicted octanol–water partition coefficient (Wildman–Crippen LogP) is 0.701. The van der Waals surface area contributed by atoms with Crippen molar-refractivity contribution in [3.63, 3.8) is 0 Å². The SMILES string of the molecule is Cc1c(C(=O)NCc2cnc3cnccn23)cnn1C. The fourth-order valence-corrected chi connectivity index (χ4v) is 2.01. The van der Waals surface area contributed by atoms with Crippen LogP contribution in [0.1, 0.15) is 21.7 Å². The van der Waals surface area contributed by atoms with Crippen molar-refractivity contribution in [2.75, 3.05) is 0 Å². The molecular weight excluding hydrogens is 256 g/mol. The van der Waals surface area contributed by atoms with Gasteiger partial charge in [0.1, 0.15) is 0 Å². The van der Waals surface area contributed by atoms with Crippen molar-refractivity contribution in [1.82, 2.24) is 29.5 Å². The van der Waals surface area contributed by atoms with Gasteiger partial charge in [-0.25, -0.2) is 4.98 Å². The molecule has 0 aliphatic heterocycles. The molecule has 0 radical (unpaired) electrons. The van der Waals surface area contributed by atoms with Crippen molar-refractivity contribution >= 4 is 11.6 Å². The maximum atomic E-state index is 12.1. The lowest BCUT2D eigenvalue weighted by Crippen LogP contribution is -2.24. The van der Waals surface area contributed by atoms with Crippen LogP contribution in [0.2, 0.25) is 0 Å². The first kappa shape index (κ1) is 12.3. The molecule has 0 aliphatic rings. The lowest BCUT2D eigenvalue weighted by molar-refractivity contribution is 0.0949. The quantitative estimate of drug-likeness (QED) is 0.760. The smallest absolute Gasteiger partial charge is 0.255 e. The monoisotopic (exact) mass is 270 g/mol. The lowest BCUT2D eigenvalue weighted by Gasteiger charge is -2.04. The third-order valence-electron chi connectivity index (χ3n) is 3.30. The summed E-state index contributed by atoms with van der Waals surface area (Å²) in [6.07, 6.45) is 8.48. The summed E-state index contributed by atoms with van der Waals surface area (Å²) in [6, 6.07) is 0. The number of nitrogens with one attached hydrogen (secondary N) is 1.